The van der Waals surface area contributed by atoms with Crippen LogP contribution in [0.1, 0.15) is 39.4 Å². The highest BCUT2D eigenvalue weighted by atomic mass is 35.5. The minimum absolute atomic E-state index is 0.0988. The number of hydrogen-bond acceptors (Lipinski definition) is 7. The van der Waals surface area contributed by atoms with Crippen molar-refractivity contribution in [2.75, 3.05) is 31.3 Å². The second kappa shape index (κ2) is 13.2. The van der Waals surface area contributed by atoms with Crippen LogP contribution in [0.2, 0.25) is 5.02 Å². The van der Waals surface area contributed by atoms with Crippen molar-refractivity contribution >= 4 is 35.3 Å². The summed E-state index contributed by atoms with van der Waals surface area (Å²) in [4.78, 5) is 38.7. The third-order valence-electron chi connectivity index (χ3n) is 8.35. The number of halogens is 1. The third-order valence-corrected chi connectivity index (χ3v) is 8.76. The molecule has 2 amide bonds. The van der Waals surface area contributed by atoms with Gasteiger partial charge in [0.1, 0.15) is 19.0 Å². The Hall–Kier alpha value is -4.87. The minimum atomic E-state index is -1.39. The van der Waals surface area contributed by atoms with Crippen LogP contribution in [0.15, 0.2) is 73.1 Å². The molecule has 4 aromatic rings. The van der Waals surface area contributed by atoms with Gasteiger partial charge in [-0.05, 0) is 72.2 Å². The van der Waals surface area contributed by atoms with Crippen LogP contribution in [-0.4, -0.2) is 70.4 Å². The summed E-state index contributed by atoms with van der Waals surface area (Å²) in [6, 6.07) is 16.8. The SMILES string of the molecule is Cc1c(Cl)cccc1OCCOC(=O)N1C[C@@H]2C[C@@H]2c2c(-c3cnn(Cc4cccc(C(=O)N[C@H](CO)C(=O)O)c4)c3)cccc21. The molecule has 12 heteroatoms. The summed E-state index contributed by atoms with van der Waals surface area (Å²) in [7, 11) is 0. The molecule has 0 saturated heterocycles. The number of nitrogens with one attached hydrogen (secondary N) is 1. The summed E-state index contributed by atoms with van der Waals surface area (Å²) in [5, 5.41) is 25.8. The van der Waals surface area contributed by atoms with Crippen molar-refractivity contribution in [2.24, 2.45) is 5.92 Å². The number of nitrogens with zero attached hydrogens (tertiary/aromatic N) is 3. The van der Waals surface area contributed by atoms with Crippen LogP contribution in [-0.2, 0) is 16.1 Å². The number of carbonyl (C=O) groups is 3. The summed E-state index contributed by atoms with van der Waals surface area (Å²) in [6.45, 7) is 2.45. The maximum Gasteiger partial charge on any atom is 0.414 e. The van der Waals surface area contributed by atoms with Crippen molar-refractivity contribution < 1.29 is 34.1 Å². The standard InChI is InChI=1S/C34H33ClN4O7/c1-20-27(35)8-4-10-30(20)45-11-12-46-34(44)39-18-23-14-26(23)31-25(7-3-9-29(31)39)24-15-36-38(17-24)16-21-5-2-6-22(13-21)32(41)37-28(19-40)33(42)43/h2-10,13,15,17,23,26,28,40H,11-12,14,16,18-19H2,1H3,(H,37,41)(H,42,43)/t23-,26-,28+/m0/s1. The van der Waals surface area contributed by atoms with Gasteiger partial charge in [-0.1, -0.05) is 41.9 Å². The summed E-state index contributed by atoms with van der Waals surface area (Å²) < 4.78 is 13.2. The fourth-order valence-electron chi connectivity index (χ4n) is 5.86. The van der Waals surface area contributed by atoms with E-state index in [2.05, 4.69) is 10.4 Å². The zero-order chi connectivity index (χ0) is 32.4. The van der Waals surface area contributed by atoms with Crippen molar-refractivity contribution in [3.8, 4) is 16.9 Å². The van der Waals surface area contributed by atoms with E-state index >= 15 is 0 Å². The topological polar surface area (TPSA) is 143 Å². The Morgan fingerprint density at radius 2 is 1.91 bits per heavy atom. The molecule has 11 nitrogen and oxygen atoms in total. The number of fused-ring (bicyclic) bond motifs is 3. The Morgan fingerprint density at radius 3 is 2.72 bits per heavy atom. The molecule has 6 rings (SSSR count). The molecule has 2 aliphatic rings. The highest BCUT2D eigenvalue weighted by molar-refractivity contribution is 6.31. The molecule has 1 aromatic heterocycles. The molecule has 1 saturated carbocycles. The first kappa shape index (κ1) is 31.1. The lowest BCUT2D eigenvalue weighted by Gasteiger charge is -2.29. The van der Waals surface area contributed by atoms with E-state index in [9.17, 15) is 19.5 Å². The smallest absolute Gasteiger partial charge is 0.414 e. The second-order valence-corrected chi connectivity index (χ2v) is 11.9. The molecule has 0 bridgehead atoms. The number of aliphatic carboxylic acids is 1. The Bertz CT molecular complexity index is 1790. The average molecular weight is 645 g/mol. The third kappa shape index (κ3) is 6.56. The van der Waals surface area contributed by atoms with E-state index in [0.29, 0.717) is 35.7 Å². The van der Waals surface area contributed by atoms with Crippen molar-refractivity contribution in [1.82, 2.24) is 15.1 Å². The van der Waals surface area contributed by atoms with E-state index in [-0.39, 0.29) is 18.8 Å². The maximum absolute atomic E-state index is 13.2. The Balaban J connectivity index is 1.13. The molecule has 1 fully saturated rings. The van der Waals surface area contributed by atoms with Crippen LogP contribution < -0.4 is 15.0 Å². The number of benzene rings is 3. The Kier molecular flexibility index (Phi) is 8.96. The molecular formula is C34H33ClN4O7. The van der Waals surface area contributed by atoms with Gasteiger partial charge in [-0.15, -0.1) is 0 Å². The number of anilines is 1. The fourth-order valence-corrected chi connectivity index (χ4v) is 6.02. The molecule has 0 spiro atoms. The van der Waals surface area contributed by atoms with Gasteiger partial charge in [0.05, 0.1) is 25.0 Å². The summed E-state index contributed by atoms with van der Waals surface area (Å²) in [6.07, 6.45) is 4.29. The Morgan fingerprint density at radius 1 is 1.11 bits per heavy atom. The number of carboxylic acids is 1. The van der Waals surface area contributed by atoms with Crippen LogP contribution in [0.4, 0.5) is 10.5 Å². The number of hydrogen-bond donors (Lipinski definition) is 3. The Labute approximate surface area is 270 Å². The molecule has 0 radical (unpaired) electrons. The fraction of sp³-hybridized carbons (Fsp3) is 0.294. The molecule has 3 N–H and O–H groups in total. The predicted octanol–water partition coefficient (Wildman–Crippen LogP) is 4.87. The molecular weight excluding hydrogens is 612 g/mol. The molecule has 0 unspecified atom stereocenters. The second-order valence-electron chi connectivity index (χ2n) is 11.5. The highest BCUT2D eigenvalue weighted by Crippen LogP contribution is 2.57. The number of ether oxygens (including phenoxy) is 2. The number of carbonyl (C=O) groups excluding carboxylic acids is 2. The molecule has 1 aliphatic carbocycles. The number of carboxylic acid groups (broad SMARTS) is 1. The molecule has 3 atom stereocenters. The van der Waals surface area contributed by atoms with Crippen LogP contribution >= 0.6 is 11.6 Å². The lowest BCUT2D eigenvalue weighted by Crippen LogP contribution is -2.43. The van der Waals surface area contributed by atoms with Crippen molar-refractivity contribution in [2.45, 2.75) is 31.8 Å². The first-order valence-corrected chi connectivity index (χ1v) is 15.3. The first-order chi connectivity index (χ1) is 22.2. The zero-order valence-electron chi connectivity index (χ0n) is 25.1. The van der Waals surface area contributed by atoms with Crippen LogP contribution in [0.25, 0.3) is 11.1 Å². The van der Waals surface area contributed by atoms with E-state index in [1.807, 2.05) is 49.5 Å². The van der Waals surface area contributed by atoms with E-state index in [0.717, 1.165) is 39.9 Å². The van der Waals surface area contributed by atoms with Gasteiger partial charge in [0, 0.05) is 34.5 Å². The van der Waals surface area contributed by atoms with Crippen LogP contribution in [0.3, 0.4) is 0 Å². The largest absolute Gasteiger partial charge is 0.490 e. The van der Waals surface area contributed by atoms with Crippen LogP contribution in [0.5, 0.6) is 5.75 Å². The normalized spacial score (nSPS) is 17.0. The van der Waals surface area contributed by atoms with E-state index < -0.39 is 30.6 Å². The van der Waals surface area contributed by atoms with Gasteiger partial charge in [0.25, 0.3) is 5.91 Å². The number of aliphatic hydroxyl groups is 1. The lowest BCUT2D eigenvalue weighted by atomic mass is 9.93. The van der Waals surface area contributed by atoms with Gasteiger partial charge in [-0.25, -0.2) is 9.59 Å². The molecule has 2 heterocycles. The minimum Gasteiger partial charge on any atom is -0.490 e. The van der Waals surface area contributed by atoms with Gasteiger partial charge < -0.3 is 25.0 Å². The zero-order valence-corrected chi connectivity index (χ0v) is 25.8. The van der Waals surface area contributed by atoms with E-state index in [1.54, 1.807) is 40.0 Å². The summed E-state index contributed by atoms with van der Waals surface area (Å²) in [5.41, 5.74) is 5.76. The highest BCUT2D eigenvalue weighted by Gasteiger charge is 2.48. The summed E-state index contributed by atoms with van der Waals surface area (Å²) >= 11 is 6.17. The number of amides is 2. The lowest BCUT2D eigenvalue weighted by molar-refractivity contribution is -0.140. The van der Waals surface area contributed by atoms with Gasteiger partial charge in [0.2, 0.25) is 0 Å². The molecule has 238 valence electrons. The predicted molar refractivity (Wildman–Crippen MR) is 170 cm³/mol. The van der Waals surface area contributed by atoms with Crippen LogP contribution in [0, 0.1) is 12.8 Å². The number of aliphatic hydroxyl groups excluding tert-OH is 1. The van der Waals surface area contributed by atoms with Crippen molar-refractivity contribution in [3.63, 3.8) is 0 Å². The first-order valence-electron chi connectivity index (χ1n) is 14.9. The van der Waals surface area contributed by atoms with Gasteiger partial charge in [-0.2, -0.15) is 5.10 Å². The number of aromatic nitrogens is 2. The van der Waals surface area contributed by atoms with Crippen molar-refractivity contribution in [1.29, 1.82) is 0 Å². The van der Waals surface area contributed by atoms with Gasteiger partial charge >= 0.3 is 12.1 Å². The average Bonchev–Trinajstić information content (AvgIpc) is 3.70. The van der Waals surface area contributed by atoms with E-state index in [4.69, 9.17) is 26.2 Å². The van der Waals surface area contributed by atoms with Gasteiger partial charge in [-0.3, -0.25) is 14.4 Å². The van der Waals surface area contributed by atoms with Crippen molar-refractivity contribution in [3.05, 3.63) is 100 Å². The van der Waals surface area contributed by atoms with E-state index in [1.165, 1.54) is 0 Å². The summed E-state index contributed by atoms with van der Waals surface area (Å²) in [5.74, 6) is -0.529. The monoisotopic (exact) mass is 644 g/mol. The molecule has 46 heavy (non-hydrogen) atoms. The quantitative estimate of drug-likeness (QED) is 0.196. The molecule has 1 aliphatic heterocycles. The molecule has 3 aromatic carbocycles. The maximum atomic E-state index is 13.2. The number of rotatable bonds is 11. The van der Waals surface area contributed by atoms with Gasteiger partial charge in [0.15, 0.2) is 6.04 Å².